The average Bonchev–Trinajstić information content (AvgIpc) is 3.00. The summed E-state index contributed by atoms with van der Waals surface area (Å²) >= 11 is 0. The van der Waals surface area contributed by atoms with Crippen LogP contribution in [-0.2, 0) is 6.54 Å². The van der Waals surface area contributed by atoms with Crippen molar-refractivity contribution in [1.29, 1.82) is 0 Å². The van der Waals surface area contributed by atoms with Gasteiger partial charge in [0.15, 0.2) is 0 Å². The molecule has 1 N–H and O–H groups in total. The summed E-state index contributed by atoms with van der Waals surface area (Å²) in [5.41, 5.74) is 2.85. The van der Waals surface area contributed by atoms with E-state index in [1.807, 2.05) is 54.4 Å². The van der Waals surface area contributed by atoms with Gasteiger partial charge in [-0.2, -0.15) is 0 Å². The van der Waals surface area contributed by atoms with Crippen molar-refractivity contribution in [3.8, 4) is 0 Å². The molecule has 0 aliphatic heterocycles. The number of rotatable bonds is 4. The number of amides is 1. The maximum Gasteiger partial charge on any atom is 0.254 e. The molecule has 0 radical (unpaired) electrons. The van der Waals surface area contributed by atoms with E-state index in [0.29, 0.717) is 13.1 Å². The highest BCUT2D eigenvalue weighted by molar-refractivity contribution is 5.98. The highest BCUT2D eigenvalue weighted by atomic mass is 16.2. The Labute approximate surface area is 123 Å². The van der Waals surface area contributed by atoms with Gasteiger partial charge < -0.3 is 9.88 Å². The van der Waals surface area contributed by atoms with Gasteiger partial charge in [0.1, 0.15) is 0 Å². The van der Waals surface area contributed by atoms with E-state index in [1.165, 1.54) is 0 Å². The number of nitrogens with zero attached hydrogens (tertiary/aromatic N) is 2. The minimum Gasteiger partial charge on any atom is -0.361 e. The van der Waals surface area contributed by atoms with E-state index in [4.69, 9.17) is 0 Å². The van der Waals surface area contributed by atoms with Crippen LogP contribution in [0.3, 0.4) is 0 Å². The fourth-order valence-corrected chi connectivity index (χ4v) is 2.40. The van der Waals surface area contributed by atoms with Crippen LogP contribution in [0.1, 0.15) is 22.8 Å². The van der Waals surface area contributed by atoms with Crippen LogP contribution in [-0.4, -0.2) is 27.3 Å². The zero-order chi connectivity index (χ0) is 14.7. The lowest BCUT2D eigenvalue weighted by molar-refractivity contribution is 0.0752. The van der Waals surface area contributed by atoms with Crippen molar-refractivity contribution >= 4 is 16.8 Å². The zero-order valence-corrected chi connectivity index (χ0v) is 11.9. The Bertz CT molecular complexity index is 749. The van der Waals surface area contributed by atoms with Crippen LogP contribution < -0.4 is 0 Å². The lowest BCUT2D eigenvalue weighted by Crippen LogP contribution is -2.30. The number of carbonyl (C=O) groups is 1. The lowest BCUT2D eigenvalue weighted by Gasteiger charge is -2.21. The van der Waals surface area contributed by atoms with Crippen LogP contribution in [0.25, 0.3) is 10.9 Å². The number of aromatic nitrogens is 2. The Morgan fingerprint density at radius 1 is 1.19 bits per heavy atom. The van der Waals surface area contributed by atoms with Gasteiger partial charge in [0.05, 0.1) is 0 Å². The monoisotopic (exact) mass is 279 g/mol. The normalized spacial score (nSPS) is 10.7. The largest absolute Gasteiger partial charge is 0.361 e. The summed E-state index contributed by atoms with van der Waals surface area (Å²) in [6.07, 6.45) is 5.38. The van der Waals surface area contributed by atoms with E-state index < -0.39 is 0 Å². The number of H-pyrrole nitrogens is 1. The second-order valence-electron chi connectivity index (χ2n) is 4.95. The molecule has 0 aliphatic rings. The number of hydrogen-bond acceptors (Lipinski definition) is 2. The van der Waals surface area contributed by atoms with Crippen molar-refractivity contribution in [2.24, 2.45) is 0 Å². The molecule has 0 unspecified atom stereocenters. The van der Waals surface area contributed by atoms with Crippen molar-refractivity contribution < 1.29 is 4.79 Å². The Morgan fingerprint density at radius 3 is 2.76 bits per heavy atom. The molecule has 1 aromatic carbocycles. The number of aromatic amines is 1. The molecule has 2 heterocycles. The molecule has 0 saturated carbocycles. The van der Waals surface area contributed by atoms with E-state index in [9.17, 15) is 4.79 Å². The first-order chi connectivity index (χ1) is 10.3. The summed E-state index contributed by atoms with van der Waals surface area (Å²) in [5.74, 6) is 0.0532. The molecule has 0 saturated heterocycles. The smallest absolute Gasteiger partial charge is 0.254 e. The Balaban J connectivity index is 1.84. The van der Waals surface area contributed by atoms with Crippen LogP contribution in [0.5, 0.6) is 0 Å². The topological polar surface area (TPSA) is 49.0 Å². The van der Waals surface area contributed by atoms with Gasteiger partial charge in [0.2, 0.25) is 0 Å². The first-order valence-corrected chi connectivity index (χ1v) is 7.03. The highest BCUT2D eigenvalue weighted by Crippen LogP contribution is 2.16. The first kappa shape index (κ1) is 13.4. The molecule has 3 aromatic rings. The summed E-state index contributed by atoms with van der Waals surface area (Å²) in [7, 11) is 0. The SMILES string of the molecule is CCN(Cc1ccncc1)C(=O)c1ccc2[nH]ccc2c1. The zero-order valence-electron chi connectivity index (χ0n) is 11.9. The van der Waals surface area contributed by atoms with E-state index in [1.54, 1.807) is 12.4 Å². The summed E-state index contributed by atoms with van der Waals surface area (Å²) < 4.78 is 0. The summed E-state index contributed by atoms with van der Waals surface area (Å²) in [5, 5.41) is 1.06. The van der Waals surface area contributed by atoms with Gasteiger partial charge in [-0.15, -0.1) is 0 Å². The van der Waals surface area contributed by atoms with Crippen molar-refractivity contribution in [3.05, 3.63) is 66.1 Å². The van der Waals surface area contributed by atoms with Gasteiger partial charge >= 0.3 is 0 Å². The number of carbonyl (C=O) groups excluding carboxylic acids is 1. The molecule has 0 fully saturated rings. The quantitative estimate of drug-likeness (QED) is 0.797. The van der Waals surface area contributed by atoms with Crippen molar-refractivity contribution in [2.45, 2.75) is 13.5 Å². The van der Waals surface area contributed by atoms with Crippen molar-refractivity contribution in [2.75, 3.05) is 6.54 Å². The molecule has 106 valence electrons. The Hall–Kier alpha value is -2.62. The maximum absolute atomic E-state index is 12.6. The molecular weight excluding hydrogens is 262 g/mol. The second-order valence-corrected chi connectivity index (χ2v) is 4.95. The van der Waals surface area contributed by atoms with Gasteiger partial charge in [0, 0.05) is 48.1 Å². The van der Waals surface area contributed by atoms with Crippen LogP contribution in [0.15, 0.2) is 55.0 Å². The Morgan fingerprint density at radius 2 is 2.00 bits per heavy atom. The van der Waals surface area contributed by atoms with Gasteiger partial charge in [-0.05, 0) is 48.9 Å². The Kier molecular flexibility index (Phi) is 3.69. The number of nitrogens with one attached hydrogen (secondary N) is 1. The standard InChI is InChI=1S/C17H17N3O/c1-2-20(12-13-5-8-18-9-6-13)17(21)15-3-4-16-14(11-15)7-10-19-16/h3-11,19H,2,12H2,1H3. The molecule has 0 aliphatic carbocycles. The summed E-state index contributed by atoms with van der Waals surface area (Å²) in [6.45, 7) is 3.27. The number of benzene rings is 1. The molecule has 1 amide bonds. The molecular formula is C17H17N3O. The molecule has 2 aromatic heterocycles. The van der Waals surface area contributed by atoms with Crippen molar-refractivity contribution in [1.82, 2.24) is 14.9 Å². The predicted octanol–water partition coefficient (Wildman–Crippen LogP) is 3.23. The second kappa shape index (κ2) is 5.79. The van der Waals surface area contributed by atoms with E-state index in [0.717, 1.165) is 22.0 Å². The highest BCUT2D eigenvalue weighted by Gasteiger charge is 2.15. The van der Waals surface area contributed by atoms with Gasteiger partial charge in [-0.25, -0.2) is 0 Å². The van der Waals surface area contributed by atoms with Crippen molar-refractivity contribution in [3.63, 3.8) is 0 Å². The van der Waals surface area contributed by atoms with Gasteiger partial charge in [-0.1, -0.05) is 0 Å². The fourth-order valence-electron chi connectivity index (χ4n) is 2.40. The maximum atomic E-state index is 12.6. The number of fused-ring (bicyclic) bond motifs is 1. The third-order valence-corrected chi connectivity index (χ3v) is 3.59. The lowest BCUT2D eigenvalue weighted by atomic mass is 10.1. The fraction of sp³-hybridized carbons (Fsp3) is 0.176. The molecule has 21 heavy (non-hydrogen) atoms. The van der Waals surface area contributed by atoms with E-state index in [-0.39, 0.29) is 5.91 Å². The minimum absolute atomic E-state index is 0.0532. The third kappa shape index (κ3) is 2.79. The van der Waals surface area contributed by atoms with Crippen LogP contribution in [0, 0.1) is 0 Å². The van der Waals surface area contributed by atoms with Gasteiger partial charge in [-0.3, -0.25) is 9.78 Å². The molecule has 0 spiro atoms. The minimum atomic E-state index is 0.0532. The average molecular weight is 279 g/mol. The molecule has 4 nitrogen and oxygen atoms in total. The number of pyridine rings is 1. The van der Waals surface area contributed by atoms with E-state index in [2.05, 4.69) is 9.97 Å². The molecule has 3 rings (SSSR count). The molecule has 4 heteroatoms. The predicted molar refractivity (Wildman–Crippen MR) is 83.0 cm³/mol. The third-order valence-electron chi connectivity index (χ3n) is 3.59. The summed E-state index contributed by atoms with van der Waals surface area (Å²) in [6, 6.07) is 11.6. The first-order valence-electron chi connectivity index (χ1n) is 7.03. The van der Waals surface area contributed by atoms with Crippen LogP contribution in [0.4, 0.5) is 0 Å². The summed E-state index contributed by atoms with van der Waals surface area (Å²) in [4.78, 5) is 21.6. The van der Waals surface area contributed by atoms with E-state index >= 15 is 0 Å². The van der Waals surface area contributed by atoms with Crippen LogP contribution >= 0.6 is 0 Å². The molecule has 0 atom stereocenters. The van der Waals surface area contributed by atoms with Crippen LogP contribution in [0.2, 0.25) is 0 Å². The van der Waals surface area contributed by atoms with Gasteiger partial charge in [0.25, 0.3) is 5.91 Å². The number of hydrogen-bond donors (Lipinski definition) is 1. The molecule has 0 bridgehead atoms.